The van der Waals surface area contributed by atoms with Gasteiger partial charge in [0.1, 0.15) is 0 Å². The van der Waals surface area contributed by atoms with Crippen molar-refractivity contribution in [3.8, 4) is 0 Å². The Morgan fingerprint density at radius 2 is 2.36 bits per heavy atom. The highest BCUT2D eigenvalue weighted by molar-refractivity contribution is 5.75. The molecular weight excluding hydrogens is 145 g/mol. The van der Waals surface area contributed by atoms with Crippen LogP contribution in [-0.4, -0.2) is 9.66 Å². The van der Waals surface area contributed by atoms with E-state index in [-0.39, 0.29) is 0 Å². The van der Waals surface area contributed by atoms with Crippen molar-refractivity contribution in [2.75, 3.05) is 5.65 Å². The molecule has 2 aromatic heterocycles. The molecule has 0 fully saturated rings. The summed E-state index contributed by atoms with van der Waals surface area (Å²) < 4.78 is 13.2. The third-order valence-corrected chi connectivity index (χ3v) is 1.54. The topological polar surface area (TPSA) is 29.9 Å². The zero-order valence-electron chi connectivity index (χ0n) is 5.66. The molecule has 0 spiro atoms. The van der Waals surface area contributed by atoms with Gasteiger partial charge >= 0.3 is 0 Å². The van der Waals surface area contributed by atoms with Gasteiger partial charge in [0, 0.05) is 17.8 Å². The van der Waals surface area contributed by atoms with Crippen LogP contribution in [0.3, 0.4) is 0 Å². The highest BCUT2D eigenvalue weighted by Gasteiger charge is 1.97. The van der Waals surface area contributed by atoms with Crippen LogP contribution in [0.15, 0.2) is 30.6 Å². The van der Waals surface area contributed by atoms with Crippen molar-refractivity contribution in [1.29, 1.82) is 0 Å². The monoisotopic (exact) mass is 151 g/mol. The van der Waals surface area contributed by atoms with Gasteiger partial charge in [-0.25, -0.2) is 9.66 Å². The number of hydrogen-bond acceptors (Lipinski definition) is 2. The molecule has 2 aromatic rings. The minimum atomic E-state index is 0.593. The highest BCUT2D eigenvalue weighted by atomic mass is 19.2. The van der Waals surface area contributed by atoms with E-state index in [1.165, 1.54) is 10.3 Å². The lowest BCUT2D eigenvalue weighted by Gasteiger charge is -1.96. The molecule has 0 saturated heterocycles. The molecule has 0 amide bonds. The van der Waals surface area contributed by atoms with Gasteiger partial charge in [-0.2, -0.15) is 5.65 Å². The van der Waals surface area contributed by atoms with Crippen LogP contribution < -0.4 is 5.65 Å². The number of pyridine rings is 1. The Kier molecular flexibility index (Phi) is 1.25. The fourth-order valence-corrected chi connectivity index (χ4v) is 1.03. The molecule has 0 aliphatic heterocycles. The summed E-state index contributed by atoms with van der Waals surface area (Å²) in [4.78, 5) is 3.97. The Morgan fingerprint density at radius 1 is 1.45 bits per heavy atom. The Labute approximate surface area is 62.4 Å². The van der Waals surface area contributed by atoms with Gasteiger partial charge in [0.25, 0.3) is 0 Å². The van der Waals surface area contributed by atoms with Crippen molar-refractivity contribution < 1.29 is 4.48 Å². The van der Waals surface area contributed by atoms with E-state index in [4.69, 9.17) is 0 Å². The molecule has 2 heterocycles. The van der Waals surface area contributed by atoms with Gasteiger partial charge in [-0.05, 0) is 18.2 Å². The van der Waals surface area contributed by atoms with Crippen molar-refractivity contribution in [3.05, 3.63) is 30.6 Å². The first kappa shape index (κ1) is 6.15. The fourth-order valence-electron chi connectivity index (χ4n) is 1.03. The number of halogens is 1. The predicted molar refractivity (Wildman–Crippen MR) is 40.2 cm³/mol. The summed E-state index contributed by atoms with van der Waals surface area (Å²) in [5, 5.41) is 0.914. The molecule has 56 valence electrons. The molecule has 11 heavy (non-hydrogen) atoms. The number of hydrogen-bond donors (Lipinski definition) is 1. The summed E-state index contributed by atoms with van der Waals surface area (Å²) in [6.07, 6.45) is 3.20. The van der Waals surface area contributed by atoms with E-state index in [0.29, 0.717) is 5.65 Å². The van der Waals surface area contributed by atoms with Crippen LogP contribution in [0.25, 0.3) is 11.0 Å². The second-order valence-corrected chi connectivity index (χ2v) is 2.19. The molecule has 0 aliphatic rings. The minimum absolute atomic E-state index is 0.593. The smallest absolute Gasteiger partial charge is 0.160 e. The zero-order valence-corrected chi connectivity index (χ0v) is 5.66. The van der Waals surface area contributed by atoms with E-state index in [9.17, 15) is 4.48 Å². The quantitative estimate of drug-likeness (QED) is 0.625. The molecule has 2 rings (SSSR count). The Balaban J connectivity index is 2.76. The maximum atomic E-state index is 12.0. The zero-order chi connectivity index (χ0) is 7.68. The first-order valence-electron chi connectivity index (χ1n) is 3.20. The molecule has 1 N–H and O–H groups in total. The van der Waals surface area contributed by atoms with Crippen LogP contribution in [0.1, 0.15) is 0 Å². The summed E-state index contributed by atoms with van der Waals surface area (Å²) in [5.41, 5.74) is 2.10. The number of nitrogens with zero attached hydrogens (tertiary/aromatic N) is 2. The second kappa shape index (κ2) is 2.23. The van der Waals surface area contributed by atoms with Crippen molar-refractivity contribution >= 4 is 11.0 Å². The summed E-state index contributed by atoms with van der Waals surface area (Å²) in [6, 6.07) is 5.47. The van der Waals surface area contributed by atoms with Gasteiger partial charge in [-0.15, -0.1) is 0 Å². The number of rotatable bonds is 1. The van der Waals surface area contributed by atoms with Crippen LogP contribution in [0.2, 0.25) is 0 Å². The van der Waals surface area contributed by atoms with Crippen molar-refractivity contribution in [3.63, 3.8) is 0 Å². The van der Waals surface area contributed by atoms with Crippen LogP contribution in [0.4, 0.5) is 4.48 Å². The standard InChI is InChI=1S/C7H6FN3/c8-10-11-5-3-6-2-1-4-9-7(6)11/h1-5,10H. The first-order chi connectivity index (χ1) is 5.42. The van der Waals surface area contributed by atoms with E-state index >= 15 is 0 Å². The summed E-state index contributed by atoms with van der Waals surface area (Å²) >= 11 is 0. The van der Waals surface area contributed by atoms with Crippen molar-refractivity contribution in [2.24, 2.45) is 0 Å². The fraction of sp³-hybridized carbons (Fsp3) is 0. The van der Waals surface area contributed by atoms with E-state index in [1.54, 1.807) is 18.5 Å². The summed E-state index contributed by atoms with van der Waals surface area (Å²) in [5.74, 6) is 0. The lowest BCUT2D eigenvalue weighted by molar-refractivity contribution is 0.512. The molecule has 0 radical (unpaired) electrons. The SMILES string of the molecule is FNn1ccc2cccnc21. The molecule has 0 bridgehead atoms. The molecule has 0 aliphatic carbocycles. The van der Waals surface area contributed by atoms with Gasteiger partial charge in [-0.1, -0.05) is 4.48 Å². The van der Waals surface area contributed by atoms with E-state index in [0.717, 1.165) is 5.39 Å². The van der Waals surface area contributed by atoms with E-state index < -0.39 is 0 Å². The van der Waals surface area contributed by atoms with Crippen LogP contribution >= 0.6 is 0 Å². The molecule has 0 unspecified atom stereocenters. The lowest BCUT2D eigenvalue weighted by atomic mass is 10.3. The van der Waals surface area contributed by atoms with Crippen LogP contribution in [-0.2, 0) is 0 Å². The van der Waals surface area contributed by atoms with Crippen molar-refractivity contribution in [1.82, 2.24) is 9.66 Å². The van der Waals surface area contributed by atoms with Gasteiger partial charge < -0.3 is 0 Å². The maximum absolute atomic E-state index is 12.0. The van der Waals surface area contributed by atoms with Gasteiger partial charge in [0.15, 0.2) is 5.65 Å². The average molecular weight is 151 g/mol. The Bertz CT molecular complexity index is 368. The Hall–Kier alpha value is -1.58. The van der Waals surface area contributed by atoms with E-state index in [2.05, 4.69) is 4.98 Å². The molecular formula is C7H6FN3. The number of fused-ring (bicyclic) bond motifs is 1. The van der Waals surface area contributed by atoms with E-state index in [1.807, 2.05) is 12.1 Å². The van der Waals surface area contributed by atoms with Crippen LogP contribution in [0.5, 0.6) is 0 Å². The minimum Gasteiger partial charge on any atom is -0.237 e. The molecule has 0 saturated carbocycles. The molecule has 0 aromatic carbocycles. The number of aromatic nitrogens is 2. The third kappa shape index (κ3) is 0.832. The molecule has 3 nitrogen and oxygen atoms in total. The third-order valence-electron chi connectivity index (χ3n) is 1.54. The van der Waals surface area contributed by atoms with Gasteiger partial charge in [0.05, 0.1) is 0 Å². The summed E-state index contributed by atoms with van der Waals surface area (Å²) in [6.45, 7) is 0. The largest absolute Gasteiger partial charge is 0.237 e. The normalized spacial score (nSPS) is 10.3. The van der Waals surface area contributed by atoms with Gasteiger partial charge in [0.2, 0.25) is 0 Å². The van der Waals surface area contributed by atoms with Crippen molar-refractivity contribution in [2.45, 2.75) is 0 Å². The second-order valence-electron chi connectivity index (χ2n) is 2.19. The predicted octanol–water partition coefficient (Wildman–Crippen LogP) is 1.46. The lowest BCUT2D eigenvalue weighted by Crippen LogP contribution is -2.02. The first-order valence-corrected chi connectivity index (χ1v) is 3.20. The highest BCUT2D eigenvalue weighted by Crippen LogP contribution is 2.09. The molecule has 4 heteroatoms. The number of nitrogens with one attached hydrogen (secondary N) is 1. The maximum Gasteiger partial charge on any atom is 0.160 e. The van der Waals surface area contributed by atoms with Crippen LogP contribution in [0, 0.1) is 0 Å². The Morgan fingerprint density at radius 3 is 3.18 bits per heavy atom. The molecule has 0 atom stereocenters. The average Bonchev–Trinajstić information content (AvgIpc) is 2.47. The summed E-state index contributed by atoms with van der Waals surface area (Å²) in [7, 11) is 0. The van der Waals surface area contributed by atoms with Gasteiger partial charge in [-0.3, -0.25) is 0 Å².